The Labute approximate surface area is 185 Å². The topological polar surface area (TPSA) is 66.5 Å². The van der Waals surface area contributed by atoms with Crippen LogP contribution in [-0.2, 0) is 28.5 Å². The number of carbonyl (C=O) groups excluding carboxylic acids is 1. The Balaban J connectivity index is 1.62. The number of carbonyl (C=O) groups is 1. The van der Waals surface area contributed by atoms with Crippen LogP contribution in [0, 0.1) is 22.7 Å². The third-order valence-corrected chi connectivity index (χ3v) is 8.76. The van der Waals surface area contributed by atoms with Crippen molar-refractivity contribution in [3.63, 3.8) is 0 Å². The summed E-state index contributed by atoms with van der Waals surface area (Å²) in [7, 11) is 5.43. The lowest BCUT2D eigenvalue weighted by Crippen LogP contribution is -2.65. The van der Waals surface area contributed by atoms with Crippen molar-refractivity contribution < 1.29 is 28.5 Å². The minimum absolute atomic E-state index is 0.166. The van der Waals surface area contributed by atoms with Crippen molar-refractivity contribution in [1.82, 2.24) is 4.90 Å². The summed E-state index contributed by atoms with van der Waals surface area (Å²) in [6.45, 7) is 2.57. The van der Waals surface area contributed by atoms with Gasteiger partial charge in [0.15, 0.2) is 12.1 Å². The molecular weight excluding hydrogens is 398 g/mol. The van der Waals surface area contributed by atoms with Gasteiger partial charge in [-0.05, 0) is 44.1 Å². The van der Waals surface area contributed by atoms with Crippen molar-refractivity contribution in [2.24, 2.45) is 22.7 Å². The van der Waals surface area contributed by atoms with Gasteiger partial charge in [-0.2, -0.15) is 0 Å². The van der Waals surface area contributed by atoms with Crippen LogP contribution in [0.4, 0.5) is 0 Å². The van der Waals surface area contributed by atoms with Gasteiger partial charge in [0.05, 0.1) is 39.3 Å². The highest BCUT2D eigenvalue weighted by Crippen LogP contribution is 2.69. The molecule has 4 atom stereocenters. The van der Waals surface area contributed by atoms with Gasteiger partial charge >= 0.3 is 0 Å². The van der Waals surface area contributed by atoms with E-state index in [1.165, 1.54) is 0 Å². The third-order valence-electron chi connectivity index (χ3n) is 8.76. The number of ether oxygens (including phenoxy) is 5. The van der Waals surface area contributed by atoms with Crippen molar-refractivity contribution in [2.75, 3.05) is 47.6 Å². The van der Waals surface area contributed by atoms with E-state index in [0.717, 1.165) is 50.7 Å². The second-order valence-corrected chi connectivity index (χ2v) is 10.2. The molecule has 2 saturated carbocycles. The molecule has 0 N–H and O–H groups in total. The summed E-state index contributed by atoms with van der Waals surface area (Å²) in [6, 6.07) is 0. The van der Waals surface area contributed by atoms with Crippen LogP contribution in [0.2, 0.25) is 0 Å². The first-order valence-corrected chi connectivity index (χ1v) is 11.9. The van der Waals surface area contributed by atoms with Gasteiger partial charge in [0.2, 0.25) is 5.91 Å². The van der Waals surface area contributed by atoms with Crippen LogP contribution >= 0.6 is 0 Å². The molecule has 1 amide bonds. The fraction of sp³-hybridized carbons (Fsp3) is 0.875. The minimum Gasteiger partial charge on any atom is -0.501 e. The van der Waals surface area contributed by atoms with E-state index in [-0.39, 0.29) is 34.9 Å². The van der Waals surface area contributed by atoms with Gasteiger partial charge in [-0.3, -0.25) is 4.79 Å². The number of hydrogen-bond donors (Lipinski definition) is 0. The highest BCUT2D eigenvalue weighted by Gasteiger charge is 2.69. The molecule has 2 heterocycles. The van der Waals surface area contributed by atoms with Gasteiger partial charge in [0.25, 0.3) is 0 Å². The van der Waals surface area contributed by atoms with Crippen molar-refractivity contribution in [3.05, 3.63) is 11.8 Å². The average Bonchev–Trinajstić information content (AvgIpc) is 3.46. The molecule has 0 bridgehead atoms. The fourth-order valence-corrected chi connectivity index (χ4v) is 7.63. The quantitative estimate of drug-likeness (QED) is 0.676. The molecule has 174 valence electrons. The summed E-state index contributed by atoms with van der Waals surface area (Å²) in [5.74, 6) is 1.11. The van der Waals surface area contributed by atoms with E-state index in [0.29, 0.717) is 32.8 Å². The van der Waals surface area contributed by atoms with Crippen molar-refractivity contribution in [1.29, 1.82) is 0 Å². The number of allylic oxidation sites excluding steroid dienone is 2. The maximum atomic E-state index is 13.0. The Morgan fingerprint density at radius 2 is 1.81 bits per heavy atom. The van der Waals surface area contributed by atoms with Gasteiger partial charge in [0.1, 0.15) is 0 Å². The summed E-state index contributed by atoms with van der Waals surface area (Å²) in [4.78, 5) is 14.8. The van der Waals surface area contributed by atoms with Gasteiger partial charge in [0, 0.05) is 50.1 Å². The molecule has 0 unspecified atom stereocenters. The molecule has 2 aliphatic heterocycles. The van der Waals surface area contributed by atoms with Crippen LogP contribution in [0.25, 0.3) is 0 Å². The molecule has 0 radical (unpaired) electrons. The van der Waals surface area contributed by atoms with E-state index in [1.807, 2.05) is 14.1 Å². The highest BCUT2D eigenvalue weighted by molar-refractivity contribution is 5.76. The number of hydrogen-bond acceptors (Lipinski definition) is 6. The molecule has 31 heavy (non-hydrogen) atoms. The maximum absolute atomic E-state index is 13.0. The number of nitrogens with zero attached hydrogens (tertiary/aromatic N) is 1. The zero-order chi connectivity index (χ0) is 21.7. The molecule has 4 fully saturated rings. The molecule has 0 aromatic heterocycles. The second-order valence-electron chi connectivity index (χ2n) is 10.2. The molecule has 3 aliphatic carbocycles. The van der Waals surface area contributed by atoms with Crippen LogP contribution in [0.3, 0.4) is 0 Å². The van der Waals surface area contributed by atoms with Crippen molar-refractivity contribution in [3.8, 4) is 0 Å². The highest BCUT2D eigenvalue weighted by atomic mass is 16.7. The molecule has 0 aromatic rings. The van der Waals surface area contributed by atoms with Crippen molar-refractivity contribution >= 4 is 5.91 Å². The minimum atomic E-state index is -0.531. The van der Waals surface area contributed by atoms with Gasteiger partial charge < -0.3 is 28.6 Å². The van der Waals surface area contributed by atoms with E-state index in [9.17, 15) is 4.79 Å². The fourth-order valence-electron chi connectivity index (χ4n) is 7.63. The summed E-state index contributed by atoms with van der Waals surface area (Å²) in [5, 5.41) is 0. The lowest BCUT2D eigenvalue weighted by Gasteiger charge is -2.64. The molecule has 1 spiro atoms. The lowest BCUT2D eigenvalue weighted by molar-refractivity contribution is -0.319. The molecule has 5 rings (SSSR count). The molecular formula is C24H37NO6. The maximum Gasteiger partial charge on any atom is 0.222 e. The largest absolute Gasteiger partial charge is 0.501 e. The Hall–Kier alpha value is -1.15. The van der Waals surface area contributed by atoms with Crippen LogP contribution < -0.4 is 0 Å². The molecule has 5 aliphatic rings. The summed E-state index contributed by atoms with van der Waals surface area (Å²) >= 11 is 0. The zero-order valence-electron chi connectivity index (χ0n) is 19.2. The van der Waals surface area contributed by atoms with Crippen LogP contribution in [0.15, 0.2) is 11.8 Å². The lowest BCUT2D eigenvalue weighted by atomic mass is 9.43. The molecule has 0 aromatic carbocycles. The summed E-state index contributed by atoms with van der Waals surface area (Å²) in [5.41, 5.74) is -0.479. The predicted octanol–water partition coefficient (Wildman–Crippen LogP) is 3.09. The third kappa shape index (κ3) is 3.26. The Morgan fingerprint density at radius 1 is 1.06 bits per heavy atom. The SMILES string of the molecule is COC1=C[C@]2(CC(=O)N(C)C)CC[C@@H]3C4(CCC[C@@]3(C3OCCO3)[C@@H]2CC1)OCCO4. The monoisotopic (exact) mass is 435 g/mol. The first-order chi connectivity index (χ1) is 15.0. The second kappa shape index (κ2) is 8.01. The van der Waals surface area contributed by atoms with E-state index in [1.54, 1.807) is 12.0 Å². The first-order valence-electron chi connectivity index (χ1n) is 11.9. The molecule has 7 nitrogen and oxygen atoms in total. The Morgan fingerprint density at radius 3 is 2.48 bits per heavy atom. The smallest absolute Gasteiger partial charge is 0.222 e. The van der Waals surface area contributed by atoms with Crippen molar-refractivity contribution in [2.45, 2.75) is 63.4 Å². The number of amides is 1. The number of methoxy groups -OCH3 is 1. The normalized spacial score (nSPS) is 39.6. The van der Waals surface area contributed by atoms with Crippen LogP contribution in [0.5, 0.6) is 0 Å². The number of rotatable bonds is 4. The number of fused-ring (bicyclic) bond motifs is 4. The van der Waals surface area contributed by atoms with E-state index < -0.39 is 5.79 Å². The average molecular weight is 436 g/mol. The Kier molecular flexibility index (Phi) is 5.60. The Bertz CT molecular complexity index is 726. The molecule has 7 heteroatoms. The predicted molar refractivity (Wildman–Crippen MR) is 113 cm³/mol. The van der Waals surface area contributed by atoms with Gasteiger partial charge in [-0.25, -0.2) is 0 Å². The van der Waals surface area contributed by atoms with Gasteiger partial charge in [-0.15, -0.1) is 0 Å². The van der Waals surface area contributed by atoms with Crippen LogP contribution in [0.1, 0.15) is 51.4 Å². The molecule has 2 saturated heterocycles. The zero-order valence-corrected chi connectivity index (χ0v) is 19.2. The van der Waals surface area contributed by atoms with E-state index in [2.05, 4.69) is 6.08 Å². The summed E-state index contributed by atoms with van der Waals surface area (Å²) in [6.07, 6.45) is 9.21. The van der Waals surface area contributed by atoms with Crippen LogP contribution in [-0.4, -0.2) is 70.5 Å². The van der Waals surface area contributed by atoms with Gasteiger partial charge in [-0.1, -0.05) is 0 Å². The van der Waals surface area contributed by atoms with E-state index >= 15 is 0 Å². The summed E-state index contributed by atoms with van der Waals surface area (Å²) < 4.78 is 31.0. The standard InChI is InChI=1S/C24H37NO6/c1-25(2)20(26)16-22-10-7-19-23(21-28-11-12-29-21,18(22)6-5-17(15-22)27-3)8-4-9-24(19)30-13-14-31-24/h15,18-19,21H,4-14,16H2,1-3H3/t18-,19+,22+,23-/m1/s1. The van der Waals surface area contributed by atoms with E-state index in [4.69, 9.17) is 23.7 Å². The first kappa shape index (κ1) is 21.7.